The van der Waals surface area contributed by atoms with Crippen molar-refractivity contribution in [1.29, 1.82) is 0 Å². The Labute approximate surface area is 103 Å². The van der Waals surface area contributed by atoms with Crippen LogP contribution in [0, 0.1) is 0 Å². The van der Waals surface area contributed by atoms with Gasteiger partial charge in [0.05, 0.1) is 12.2 Å². The molecule has 2 rings (SSSR count). The molecule has 5 nitrogen and oxygen atoms in total. The smallest absolute Gasteiger partial charge is 0.317 e. The predicted molar refractivity (Wildman–Crippen MR) is 66.6 cm³/mol. The summed E-state index contributed by atoms with van der Waals surface area (Å²) in [5, 5.41) is 13.5. The summed E-state index contributed by atoms with van der Waals surface area (Å²) in [6.07, 6.45) is 1.66. The molecule has 17 heavy (non-hydrogen) atoms. The third-order valence-electron chi connectivity index (χ3n) is 2.34. The first kappa shape index (κ1) is 11.7. The minimum atomic E-state index is -0.0919. The van der Waals surface area contributed by atoms with E-state index in [9.17, 15) is 4.79 Å². The molecule has 0 saturated carbocycles. The lowest BCUT2D eigenvalue weighted by molar-refractivity contribution is 0.206. The van der Waals surface area contributed by atoms with Gasteiger partial charge in [-0.2, -0.15) is 16.4 Å². The first-order valence-corrected chi connectivity index (χ1v) is 6.18. The van der Waals surface area contributed by atoms with Crippen LogP contribution in [0.2, 0.25) is 0 Å². The molecular weight excluding hydrogens is 236 g/mol. The third-order valence-corrected chi connectivity index (χ3v) is 3.07. The van der Waals surface area contributed by atoms with E-state index in [1.54, 1.807) is 29.5 Å². The van der Waals surface area contributed by atoms with Crippen molar-refractivity contribution in [3.8, 4) is 0 Å². The Kier molecular flexibility index (Phi) is 3.77. The summed E-state index contributed by atoms with van der Waals surface area (Å²) in [6, 6.07) is 3.76. The number of amides is 2. The summed E-state index contributed by atoms with van der Waals surface area (Å²) >= 11 is 1.63. The fourth-order valence-corrected chi connectivity index (χ4v) is 2.08. The van der Waals surface area contributed by atoms with Crippen molar-refractivity contribution in [3.05, 3.63) is 40.3 Å². The summed E-state index contributed by atoms with van der Waals surface area (Å²) in [4.78, 5) is 13.4. The van der Waals surface area contributed by atoms with E-state index in [2.05, 4.69) is 15.5 Å². The van der Waals surface area contributed by atoms with E-state index in [0.29, 0.717) is 13.1 Å². The van der Waals surface area contributed by atoms with Crippen LogP contribution in [0.1, 0.15) is 11.3 Å². The van der Waals surface area contributed by atoms with Gasteiger partial charge >= 0.3 is 6.03 Å². The zero-order chi connectivity index (χ0) is 12.1. The van der Waals surface area contributed by atoms with Gasteiger partial charge in [0.15, 0.2) is 0 Å². The SMILES string of the molecule is CN(Cc1ccsc1)C(=O)NCc1ccn[nH]1. The lowest BCUT2D eigenvalue weighted by atomic mass is 10.3. The molecule has 2 heterocycles. The quantitative estimate of drug-likeness (QED) is 0.869. The van der Waals surface area contributed by atoms with E-state index < -0.39 is 0 Å². The lowest BCUT2D eigenvalue weighted by Crippen LogP contribution is -2.36. The molecule has 0 bridgehead atoms. The summed E-state index contributed by atoms with van der Waals surface area (Å²) in [5.41, 5.74) is 2.04. The van der Waals surface area contributed by atoms with Crippen LogP contribution in [0.3, 0.4) is 0 Å². The Bertz CT molecular complexity index is 452. The summed E-state index contributed by atoms with van der Waals surface area (Å²) in [6.45, 7) is 1.09. The number of carbonyl (C=O) groups is 1. The molecule has 6 heteroatoms. The molecule has 0 fully saturated rings. The molecule has 2 aromatic heterocycles. The molecule has 0 radical (unpaired) electrons. The molecular formula is C11H14N4OS. The highest BCUT2D eigenvalue weighted by Crippen LogP contribution is 2.08. The fourth-order valence-electron chi connectivity index (χ4n) is 1.42. The number of carbonyl (C=O) groups excluding carboxylic acids is 1. The largest absolute Gasteiger partial charge is 0.332 e. The molecule has 0 aromatic carbocycles. The zero-order valence-corrected chi connectivity index (χ0v) is 10.3. The van der Waals surface area contributed by atoms with Crippen molar-refractivity contribution in [1.82, 2.24) is 20.4 Å². The van der Waals surface area contributed by atoms with E-state index in [1.165, 1.54) is 0 Å². The van der Waals surface area contributed by atoms with Gasteiger partial charge in [-0.1, -0.05) is 0 Å². The highest BCUT2D eigenvalue weighted by Gasteiger charge is 2.08. The van der Waals surface area contributed by atoms with Crippen molar-refractivity contribution in [2.45, 2.75) is 13.1 Å². The minimum Gasteiger partial charge on any atom is -0.332 e. The Morgan fingerprint density at radius 2 is 2.47 bits per heavy atom. The Morgan fingerprint density at radius 3 is 3.12 bits per heavy atom. The summed E-state index contributed by atoms with van der Waals surface area (Å²) in [7, 11) is 1.78. The van der Waals surface area contributed by atoms with Crippen molar-refractivity contribution >= 4 is 17.4 Å². The number of rotatable bonds is 4. The van der Waals surface area contributed by atoms with Crippen molar-refractivity contribution in [2.75, 3.05) is 7.05 Å². The van der Waals surface area contributed by atoms with Crippen LogP contribution in [0.25, 0.3) is 0 Å². The molecule has 0 saturated heterocycles. The van der Waals surface area contributed by atoms with E-state index in [0.717, 1.165) is 11.3 Å². The van der Waals surface area contributed by atoms with Crippen molar-refractivity contribution in [3.63, 3.8) is 0 Å². The summed E-state index contributed by atoms with van der Waals surface area (Å²) in [5.74, 6) is 0. The number of thiophene rings is 1. The van der Waals surface area contributed by atoms with Gasteiger partial charge in [-0.3, -0.25) is 5.10 Å². The third kappa shape index (κ3) is 3.32. The minimum absolute atomic E-state index is 0.0919. The topological polar surface area (TPSA) is 61.0 Å². The maximum Gasteiger partial charge on any atom is 0.317 e. The van der Waals surface area contributed by atoms with E-state index in [1.807, 2.05) is 22.9 Å². The van der Waals surface area contributed by atoms with Crippen LogP contribution in [0.5, 0.6) is 0 Å². The molecule has 0 atom stereocenters. The molecule has 0 aliphatic rings. The van der Waals surface area contributed by atoms with Crippen molar-refractivity contribution < 1.29 is 4.79 Å². The molecule has 0 aliphatic carbocycles. The number of urea groups is 1. The normalized spacial score (nSPS) is 10.2. The summed E-state index contributed by atoms with van der Waals surface area (Å²) < 4.78 is 0. The van der Waals surface area contributed by atoms with Gasteiger partial charge in [-0.15, -0.1) is 0 Å². The number of nitrogens with zero attached hydrogens (tertiary/aromatic N) is 2. The predicted octanol–water partition coefficient (Wildman–Crippen LogP) is 1.81. The van der Waals surface area contributed by atoms with E-state index in [-0.39, 0.29) is 6.03 Å². The van der Waals surface area contributed by atoms with E-state index >= 15 is 0 Å². The number of H-pyrrole nitrogens is 1. The number of aromatic amines is 1. The number of hydrogen-bond acceptors (Lipinski definition) is 3. The highest BCUT2D eigenvalue weighted by molar-refractivity contribution is 7.07. The molecule has 0 unspecified atom stereocenters. The molecule has 2 aromatic rings. The molecule has 2 amide bonds. The van der Waals surface area contributed by atoms with Gasteiger partial charge in [0.1, 0.15) is 0 Å². The molecule has 90 valence electrons. The van der Waals surface area contributed by atoms with Gasteiger partial charge in [0.25, 0.3) is 0 Å². The molecule has 0 spiro atoms. The van der Waals surface area contributed by atoms with Gasteiger partial charge in [-0.05, 0) is 28.5 Å². The van der Waals surface area contributed by atoms with Gasteiger partial charge in [0.2, 0.25) is 0 Å². The average molecular weight is 250 g/mol. The number of nitrogens with one attached hydrogen (secondary N) is 2. The lowest BCUT2D eigenvalue weighted by Gasteiger charge is -2.16. The second-order valence-electron chi connectivity index (χ2n) is 3.73. The Balaban J connectivity index is 1.79. The van der Waals surface area contributed by atoms with Gasteiger partial charge < -0.3 is 10.2 Å². The van der Waals surface area contributed by atoms with Crippen LogP contribution in [-0.2, 0) is 13.1 Å². The van der Waals surface area contributed by atoms with Crippen LogP contribution in [0.15, 0.2) is 29.1 Å². The highest BCUT2D eigenvalue weighted by atomic mass is 32.1. The Morgan fingerprint density at radius 1 is 1.59 bits per heavy atom. The van der Waals surface area contributed by atoms with E-state index in [4.69, 9.17) is 0 Å². The molecule has 0 aliphatic heterocycles. The van der Waals surface area contributed by atoms with Crippen LogP contribution in [-0.4, -0.2) is 28.2 Å². The monoisotopic (exact) mass is 250 g/mol. The van der Waals surface area contributed by atoms with Gasteiger partial charge in [0, 0.05) is 19.8 Å². The van der Waals surface area contributed by atoms with Crippen molar-refractivity contribution in [2.24, 2.45) is 0 Å². The Hall–Kier alpha value is -1.82. The maximum absolute atomic E-state index is 11.7. The maximum atomic E-state index is 11.7. The van der Waals surface area contributed by atoms with Crippen LogP contribution >= 0.6 is 11.3 Å². The first-order valence-electron chi connectivity index (χ1n) is 5.24. The standard InChI is InChI=1S/C11H14N4OS/c1-15(7-9-3-5-17-8-9)11(16)12-6-10-2-4-13-14-10/h2-5,8H,6-7H2,1H3,(H,12,16)(H,13,14). The molecule has 2 N–H and O–H groups in total. The first-order chi connectivity index (χ1) is 8.25. The number of hydrogen-bond donors (Lipinski definition) is 2. The van der Waals surface area contributed by atoms with Crippen LogP contribution in [0.4, 0.5) is 4.79 Å². The van der Waals surface area contributed by atoms with Crippen LogP contribution < -0.4 is 5.32 Å². The van der Waals surface area contributed by atoms with Gasteiger partial charge in [-0.25, -0.2) is 4.79 Å². The number of aromatic nitrogens is 2. The fraction of sp³-hybridized carbons (Fsp3) is 0.273. The zero-order valence-electron chi connectivity index (χ0n) is 9.51. The second kappa shape index (κ2) is 5.49. The second-order valence-corrected chi connectivity index (χ2v) is 4.51. The average Bonchev–Trinajstić information content (AvgIpc) is 2.98.